The van der Waals surface area contributed by atoms with Crippen molar-refractivity contribution in [1.82, 2.24) is 10.2 Å². The van der Waals surface area contributed by atoms with Gasteiger partial charge in [0, 0.05) is 5.02 Å². The van der Waals surface area contributed by atoms with E-state index in [9.17, 15) is 4.79 Å². The van der Waals surface area contributed by atoms with Gasteiger partial charge < -0.3 is 10.1 Å². The number of rotatable bonds is 6. The van der Waals surface area contributed by atoms with E-state index in [2.05, 4.69) is 24.1 Å². The molecule has 106 valence electrons. The molecular weight excluding hydrogens is 264 g/mol. The lowest BCUT2D eigenvalue weighted by Gasteiger charge is -2.27. The Bertz CT molecular complexity index is 433. The predicted octanol–water partition coefficient (Wildman–Crippen LogP) is 2.77. The highest BCUT2D eigenvalue weighted by atomic mass is 35.5. The van der Waals surface area contributed by atoms with Crippen molar-refractivity contribution in [2.45, 2.75) is 26.9 Å². The van der Waals surface area contributed by atoms with Gasteiger partial charge in [0.25, 0.3) is 5.91 Å². The maximum Gasteiger partial charge on any atom is 0.256 e. The van der Waals surface area contributed by atoms with E-state index >= 15 is 0 Å². The topological polar surface area (TPSA) is 41.6 Å². The Labute approximate surface area is 119 Å². The maximum absolute atomic E-state index is 12.2. The fourth-order valence-electron chi connectivity index (χ4n) is 1.99. The molecule has 0 saturated carbocycles. The number of nitrogens with one attached hydrogen (secondary N) is 1. The van der Waals surface area contributed by atoms with Gasteiger partial charge in [-0.1, -0.05) is 25.4 Å². The number of carbonyl (C=O) groups is 1. The lowest BCUT2D eigenvalue weighted by atomic mass is 10.2. The van der Waals surface area contributed by atoms with Gasteiger partial charge in [0.15, 0.2) is 0 Å². The van der Waals surface area contributed by atoms with E-state index in [0.29, 0.717) is 16.3 Å². The summed E-state index contributed by atoms with van der Waals surface area (Å²) < 4.78 is 5.18. The van der Waals surface area contributed by atoms with Crippen LogP contribution in [0.1, 0.15) is 31.1 Å². The van der Waals surface area contributed by atoms with Gasteiger partial charge in [0.2, 0.25) is 0 Å². The molecule has 0 radical (unpaired) electrons. The quantitative estimate of drug-likeness (QED) is 0.817. The highest BCUT2D eigenvalue weighted by Gasteiger charge is 2.17. The monoisotopic (exact) mass is 284 g/mol. The number of carbonyl (C=O) groups excluding carboxylic acids is 1. The Morgan fingerprint density at radius 1 is 1.42 bits per heavy atom. The van der Waals surface area contributed by atoms with Crippen LogP contribution in [0.3, 0.4) is 0 Å². The summed E-state index contributed by atoms with van der Waals surface area (Å²) >= 11 is 5.93. The molecule has 1 aromatic carbocycles. The number of hydrogen-bond acceptors (Lipinski definition) is 3. The van der Waals surface area contributed by atoms with Gasteiger partial charge in [-0.15, -0.1) is 0 Å². The largest absolute Gasteiger partial charge is 0.496 e. The smallest absolute Gasteiger partial charge is 0.256 e. The first-order valence-corrected chi connectivity index (χ1v) is 6.79. The summed E-state index contributed by atoms with van der Waals surface area (Å²) in [6.45, 7) is 7.84. The second-order valence-electron chi connectivity index (χ2n) is 4.22. The van der Waals surface area contributed by atoms with Crippen molar-refractivity contribution in [2.75, 3.05) is 20.2 Å². The Morgan fingerprint density at radius 2 is 2.05 bits per heavy atom. The van der Waals surface area contributed by atoms with Gasteiger partial charge in [-0.25, -0.2) is 0 Å². The summed E-state index contributed by atoms with van der Waals surface area (Å²) in [7, 11) is 1.54. The molecule has 0 aromatic heterocycles. The van der Waals surface area contributed by atoms with E-state index in [1.807, 2.05) is 6.92 Å². The Hall–Kier alpha value is -1.26. The van der Waals surface area contributed by atoms with Crippen LogP contribution in [0.4, 0.5) is 0 Å². The third-order valence-corrected chi connectivity index (χ3v) is 3.34. The van der Waals surface area contributed by atoms with E-state index < -0.39 is 0 Å². The third kappa shape index (κ3) is 4.11. The van der Waals surface area contributed by atoms with Gasteiger partial charge in [-0.2, -0.15) is 0 Å². The molecule has 0 bridgehead atoms. The van der Waals surface area contributed by atoms with Crippen LogP contribution in [0.5, 0.6) is 5.75 Å². The predicted molar refractivity (Wildman–Crippen MR) is 77.9 cm³/mol. The number of benzene rings is 1. The fourth-order valence-corrected chi connectivity index (χ4v) is 2.16. The lowest BCUT2D eigenvalue weighted by molar-refractivity contribution is 0.0872. The Kier molecular flexibility index (Phi) is 6.12. The first-order chi connectivity index (χ1) is 9.03. The number of methoxy groups -OCH3 is 1. The van der Waals surface area contributed by atoms with E-state index in [1.165, 1.54) is 7.11 Å². The van der Waals surface area contributed by atoms with Gasteiger partial charge in [-0.05, 0) is 38.2 Å². The van der Waals surface area contributed by atoms with Crippen LogP contribution < -0.4 is 10.1 Å². The molecule has 1 unspecified atom stereocenters. The minimum Gasteiger partial charge on any atom is -0.496 e. The zero-order valence-electron chi connectivity index (χ0n) is 11.9. The third-order valence-electron chi connectivity index (χ3n) is 3.11. The van der Waals surface area contributed by atoms with Crippen LogP contribution in [-0.2, 0) is 0 Å². The molecule has 1 N–H and O–H groups in total. The standard InChI is InChI=1S/C14H21ClN2O2/c1-5-17(6-2)10(3)16-14(18)12-9-11(15)7-8-13(12)19-4/h7-10H,5-6H2,1-4H3,(H,16,18). The average molecular weight is 285 g/mol. The first kappa shape index (κ1) is 15.8. The number of amides is 1. The summed E-state index contributed by atoms with van der Waals surface area (Å²) in [5, 5.41) is 3.46. The van der Waals surface area contributed by atoms with Crippen LogP contribution in [0, 0.1) is 0 Å². The highest BCUT2D eigenvalue weighted by Crippen LogP contribution is 2.22. The normalized spacial score (nSPS) is 12.3. The molecule has 0 saturated heterocycles. The van der Waals surface area contributed by atoms with Crippen LogP contribution in [0.25, 0.3) is 0 Å². The molecule has 0 fully saturated rings. The maximum atomic E-state index is 12.2. The summed E-state index contributed by atoms with van der Waals surface area (Å²) in [6.07, 6.45) is -0.0359. The van der Waals surface area contributed by atoms with Crippen LogP contribution in [0.2, 0.25) is 5.02 Å². The molecule has 1 rings (SSSR count). The van der Waals surface area contributed by atoms with Crippen molar-refractivity contribution in [3.05, 3.63) is 28.8 Å². The van der Waals surface area contributed by atoms with Crippen molar-refractivity contribution in [3.8, 4) is 5.75 Å². The van der Waals surface area contributed by atoms with E-state index in [1.54, 1.807) is 18.2 Å². The number of nitrogens with zero attached hydrogens (tertiary/aromatic N) is 1. The highest BCUT2D eigenvalue weighted by molar-refractivity contribution is 6.31. The minimum atomic E-state index is -0.182. The van der Waals surface area contributed by atoms with Gasteiger partial charge in [0.05, 0.1) is 18.8 Å². The lowest BCUT2D eigenvalue weighted by Crippen LogP contribution is -2.46. The van der Waals surface area contributed by atoms with E-state index in [4.69, 9.17) is 16.3 Å². The van der Waals surface area contributed by atoms with Crippen molar-refractivity contribution in [1.29, 1.82) is 0 Å². The minimum absolute atomic E-state index is 0.0359. The summed E-state index contributed by atoms with van der Waals surface area (Å²) in [4.78, 5) is 14.4. The number of ether oxygens (including phenoxy) is 1. The zero-order chi connectivity index (χ0) is 14.4. The second kappa shape index (κ2) is 7.36. The van der Waals surface area contributed by atoms with Crippen LogP contribution in [-0.4, -0.2) is 37.2 Å². The molecule has 5 heteroatoms. The molecule has 1 atom stereocenters. The van der Waals surface area contributed by atoms with Crippen molar-refractivity contribution < 1.29 is 9.53 Å². The number of hydrogen-bond donors (Lipinski definition) is 1. The van der Waals surface area contributed by atoms with E-state index in [-0.39, 0.29) is 12.1 Å². The molecule has 0 heterocycles. The van der Waals surface area contributed by atoms with Crippen molar-refractivity contribution >= 4 is 17.5 Å². The summed E-state index contributed by atoms with van der Waals surface area (Å²) in [6, 6.07) is 5.01. The molecule has 0 aliphatic heterocycles. The molecule has 0 aliphatic rings. The molecule has 0 aliphatic carbocycles. The van der Waals surface area contributed by atoms with Crippen LogP contribution >= 0.6 is 11.6 Å². The summed E-state index contributed by atoms with van der Waals surface area (Å²) in [5.41, 5.74) is 0.453. The Morgan fingerprint density at radius 3 is 2.58 bits per heavy atom. The zero-order valence-corrected chi connectivity index (χ0v) is 12.6. The van der Waals surface area contributed by atoms with E-state index in [0.717, 1.165) is 13.1 Å². The molecule has 4 nitrogen and oxygen atoms in total. The molecule has 1 aromatic rings. The second-order valence-corrected chi connectivity index (χ2v) is 4.65. The molecule has 1 amide bonds. The Balaban J connectivity index is 2.86. The van der Waals surface area contributed by atoms with Crippen molar-refractivity contribution in [2.24, 2.45) is 0 Å². The fraction of sp³-hybridized carbons (Fsp3) is 0.500. The SMILES string of the molecule is CCN(CC)C(C)NC(=O)c1cc(Cl)ccc1OC. The van der Waals surface area contributed by atoms with Gasteiger partial charge >= 0.3 is 0 Å². The summed E-state index contributed by atoms with van der Waals surface area (Å²) in [5.74, 6) is 0.340. The number of halogens is 1. The average Bonchev–Trinajstić information content (AvgIpc) is 2.40. The molecular formula is C14H21ClN2O2. The first-order valence-electron chi connectivity index (χ1n) is 6.41. The molecule has 0 spiro atoms. The van der Waals surface area contributed by atoms with Crippen molar-refractivity contribution in [3.63, 3.8) is 0 Å². The van der Waals surface area contributed by atoms with Gasteiger partial charge in [-0.3, -0.25) is 9.69 Å². The van der Waals surface area contributed by atoms with Gasteiger partial charge in [0.1, 0.15) is 5.75 Å². The van der Waals surface area contributed by atoms with Crippen LogP contribution in [0.15, 0.2) is 18.2 Å². The molecule has 19 heavy (non-hydrogen) atoms.